The molecule has 0 fully saturated rings. The molecule has 0 spiro atoms. The van der Waals surface area contributed by atoms with Crippen LogP contribution in [0.4, 0.5) is 5.69 Å². The lowest BCUT2D eigenvalue weighted by atomic mass is 10.1. The number of aromatic nitrogens is 1. The molecule has 1 amide bonds. The van der Waals surface area contributed by atoms with Gasteiger partial charge < -0.3 is 15.0 Å². The molecular formula is C18H15N3O2. The fraction of sp³-hybridized carbons (Fsp3) is 0.111. The van der Waals surface area contributed by atoms with Crippen LogP contribution in [0.1, 0.15) is 21.6 Å². The minimum atomic E-state index is -0.202. The number of H-pyrrole nitrogens is 1. The summed E-state index contributed by atoms with van der Waals surface area (Å²) in [6.45, 7) is 1.85. The molecule has 0 aliphatic heterocycles. The third-order valence-corrected chi connectivity index (χ3v) is 3.70. The summed E-state index contributed by atoms with van der Waals surface area (Å²) in [5.74, 6) is 0.495. The first-order chi connectivity index (χ1) is 11.1. The Bertz CT molecular complexity index is 918. The van der Waals surface area contributed by atoms with E-state index in [-0.39, 0.29) is 5.91 Å². The van der Waals surface area contributed by atoms with Gasteiger partial charge in [-0.1, -0.05) is 12.1 Å². The van der Waals surface area contributed by atoms with Crippen LogP contribution in [0.25, 0.3) is 10.9 Å². The highest BCUT2D eigenvalue weighted by molar-refractivity contribution is 6.14. The number of anilines is 1. The van der Waals surface area contributed by atoms with Crippen molar-refractivity contribution in [3.63, 3.8) is 0 Å². The van der Waals surface area contributed by atoms with Crippen LogP contribution in [0.15, 0.2) is 42.5 Å². The third-order valence-electron chi connectivity index (χ3n) is 3.70. The number of benzene rings is 2. The summed E-state index contributed by atoms with van der Waals surface area (Å²) < 4.78 is 5.33. The highest BCUT2D eigenvalue weighted by Gasteiger charge is 2.18. The molecule has 0 aliphatic carbocycles. The molecule has 1 heterocycles. The maximum absolute atomic E-state index is 12.6. The van der Waals surface area contributed by atoms with Crippen molar-refractivity contribution in [1.82, 2.24) is 4.98 Å². The molecule has 3 aromatic rings. The van der Waals surface area contributed by atoms with Gasteiger partial charge in [0.15, 0.2) is 0 Å². The summed E-state index contributed by atoms with van der Waals surface area (Å²) in [6.07, 6.45) is 0. The fourth-order valence-electron chi connectivity index (χ4n) is 2.60. The number of para-hydroxylation sites is 1. The van der Waals surface area contributed by atoms with Crippen LogP contribution >= 0.6 is 0 Å². The van der Waals surface area contributed by atoms with Crippen molar-refractivity contribution in [3.05, 3.63) is 59.3 Å². The molecule has 0 saturated carbocycles. The summed E-state index contributed by atoms with van der Waals surface area (Å²) in [4.78, 5) is 15.8. The van der Waals surface area contributed by atoms with E-state index in [1.165, 1.54) is 0 Å². The lowest BCUT2D eigenvalue weighted by Gasteiger charge is -2.06. The minimum Gasteiger partial charge on any atom is -0.495 e. The van der Waals surface area contributed by atoms with Crippen LogP contribution in [0.3, 0.4) is 0 Å². The molecule has 3 rings (SSSR count). The molecule has 0 aliphatic rings. The molecule has 5 heteroatoms. The van der Waals surface area contributed by atoms with Gasteiger partial charge in [-0.3, -0.25) is 4.79 Å². The van der Waals surface area contributed by atoms with Crippen LogP contribution in [0, 0.1) is 18.3 Å². The standard InChI is InChI=1S/C18H15N3O2/c1-11-16(14-4-3-5-15(23-2)17(14)20-11)18(22)21-13-8-6-12(10-19)7-9-13/h3-9,20H,1-2H3,(H,21,22). The van der Waals surface area contributed by atoms with Crippen molar-refractivity contribution < 1.29 is 9.53 Å². The quantitative estimate of drug-likeness (QED) is 0.776. The number of nitriles is 1. The van der Waals surface area contributed by atoms with Gasteiger partial charge in [0.05, 0.1) is 29.8 Å². The van der Waals surface area contributed by atoms with E-state index in [1.807, 2.05) is 31.2 Å². The van der Waals surface area contributed by atoms with Gasteiger partial charge in [0.2, 0.25) is 0 Å². The Morgan fingerprint density at radius 2 is 1.96 bits per heavy atom. The smallest absolute Gasteiger partial charge is 0.258 e. The number of nitrogens with one attached hydrogen (secondary N) is 2. The van der Waals surface area contributed by atoms with Crippen molar-refractivity contribution in [2.75, 3.05) is 12.4 Å². The van der Waals surface area contributed by atoms with Gasteiger partial charge in [0.25, 0.3) is 5.91 Å². The molecule has 23 heavy (non-hydrogen) atoms. The lowest BCUT2D eigenvalue weighted by Crippen LogP contribution is -2.12. The summed E-state index contributed by atoms with van der Waals surface area (Å²) in [6, 6.07) is 14.4. The van der Waals surface area contributed by atoms with E-state index >= 15 is 0 Å². The average Bonchev–Trinajstić information content (AvgIpc) is 2.91. The zero-order valence-corrected chi connectivity index (χ0v) is 12.8. The number of aromatic amines is 1. The van der Waals surface area contributed by atoms with E-state index in [9.17, 15) is 4.79 Å². The topological polar surface area (TPSA) is 77.9 Å². The van der Waals surface area contributed by atoms with Crippen LogP contribution in [0.5, 0.6) is 5.75 Å². The summed E-state index contributed by atoms with van der Waals surface area (Å²) in [7, 11) is 1.60. The van der Waals surface area contributed by atoms with Crippen molar-refractivity contribution in [1.29, 1.82) is 5.26 Å². The Balaban J connectivity index is 1.97. The van der Waals surface area contributed by atoms with Crippen molar-refractivity contribution in [2.45, 2.75) is 6.92 Å². The number of amides is 1. The molecule has 0 radical (unpaired) electrons. The van der Waals surface area contributed by atoms with E-state index in [0.29, 0.717) is 22.6 Å². The average molecular weight is 305 g/mol. The predicted octanol–water partition coefficient (Wildman–Crippen LogP) is 3.61. The van der Waals surface area contributed by atoms with Crippen LogP contribution in [0.2, 0.25) is 0 Å². The van der Waals surface area contributed by atoms with Crippen LogP contribution in [-0.4, -0.2) is 18.0 Å². The lowest BCUT2D eigenvalue weighted by molar-refractivity contribution is 0.102. The number of hydrogen-bond acceptors (Lipinski definition) is 3. The van der Waals surface area contributed by atoms with E-state index in [0.717, 1.165) is 16.6 Å². The normalized spacial score (nSPS) is 10.3. The SMILES string of the molecule is COc1cccc2c(C(=O)Nc3ccc(C#N)cc3)c(C)[nH]c12. The second-order valence-electron chi connectivity index (χ2n) is 5.15. The third kappa shape index (κ3) is 2.62. The Morgan fingerprint density at radius 3 is 2.61 bits per heavy atom. The van der Waals surface area contributed by atoms with E-state index < -0.39 is 0 Å². The van der Waals surface area contributed by atoms with Crippen LogP contribution < -0.4 is 10.1 Å². The van der Waals surface area contributed by atoms with Crippen molar-refractivity contribution in [3.8, 4) is 11.8 Å². The number of carbonyl (C=O) groups excluding carboxylic acids is 1. The number of fused-ring (bicyclic) bond motifs is 1. The van der Waals surface area contributed by atoms with E-state index in [1.54, 1.807) is 31.4 Å². The molecule has 114 valence electrons. The number of hydrogen-bond donors (Lipinski definition) is 2. The van der Waals surface area contributed by atoms with Gasteiger partial charge in [-0.2, -0.15) is 5.26 Å². The first kappa shape index (κ1) is 14.7. The van der Waals surface area contributed by atoms with Gasteiger partial charge >= 0.3 is 0 Å². The summed E-state index contributed by atoms with van der Waals surface area (Å²) in [5.41, 5.74) is 3.36. The number of ether oxygens (including phenoxy) is 1. The largest absolute Gasteiger partial charge is 0.495 e. The van der Waals surface area contributed by atoms with Gasteiger partial charge in [-0.05, 0) is 37.3 Å². The Labute approximate surface area is 133 Å². The maximum atomic E-state index is 12.6. The molecule has 0 bridgehead atoms. The molecule has 2 aromatic carbocycles. The second kappa shape index (κ2) is 5.85. The van der Waals surface area contributed by atoms with Gasteiger partial charge in [-0.25, -0.2) is 0 Å². The zero-order chi connectivity index (χ0) is 16.4. The highest BCUT2D eigenvalue weighted by atomic mass is 16.5. The van der Waals surface area contributed by atoms with Gasteiger partial charge in [0.1, 0.15) is 5.75 Å². The Hall–Kier alpha value is -3.26. The fourth-order valence-corrected chi connectivity index (χ4v) is 2.60. The number of rotatable bonds is 3. The number of methoxy groups -OCH3 is 1. The Kier molecular flexibility index (Phi) is 3.73. The van der Waals surface area contributed by atoms with Crippen molar-refractivity contribution in [2.24, 2.45) is 0 Å². The Morgan fingerprint density at radius 1 is 1.22 bits per heavy atom. The van der Waals surface area contributed by atoms with E-state index in [4.69, 9.17) is 10.00 Å². The first-order valence-corrected chi connectivity index (χ1v) is 7.11. The molecule has 0 atom stereocenters. The van der Waals surface area contributed by atoms with Gasteiger partial charge in [-0.15, -0.1) is 0 Å². The molecule has 0 unspecified atom stereocenters. The second-order valence-corrected chi connectivity index (χ2v) is 5.15. The number of nitrogens with zero attached hydrogens (tertiary/aromatic N) is 1. The molecule has 2 N–H and O–H groups in total. The molecule has 5 nitrogen and oxygen atoms in total. The number of carbonyl (C=O) groups is 1. The molecular weight excluding hydrogens is 290 g/mol. The maximum Gasteiger partial charge on any atom is 0.258 e. The van der Waals surface area contributed by atoms with Gasteiger partial charge in [0, 0.05) is 16.8 Å². The summed E-state index contributed by atoms with van der Waals surface area (Å²) in [5, 5.41) is 12.5. The van der Waals surface area contributed by atoms with Crippen molar-refractivity contribution >= 4 is 22.5 Å². The summed E-state index contributed by atoms with van der Waals surface area (Å²) >= 11 is 0. The highest BCUT2D eigenvalue weighted by Crippen LogP contribution is 2.30. The minimum absolute atomic E-state index is 0.202. The molecule has 0 saturated heterocycles. The predicted molar refractivity (Wildman–Crippen MR) is 88.7 cm³/mol. The zero-order valence-electron chi connectivity index (χ0n) is 12.8. The number of aryl methyl sites for hydroxylation is 1. The first-order valence-electron chi connectivity index (χ1n) is 7.11. The monoisotopic (exact) mass is 305 g/mol. The molecule has 1 aromatic heterocycles. The van der Waals surface area contributed by atoms with E-state index in [2.05, 4.69) is 10.3 Å². The van der Waals surface area contributed by atoms with Crippen LogP contribution in [-0.2, 0) is 0 Å².